The Bertz CT molecular complexity index is 663. The number of benzene rings is 1. The SMILES string of the molecule is CCCCCCCCC=CCCCCCCCCOC(=O)c1ccc(C(=O)OCCCC)cc1. The fourth-order valence-electron chi connectivity index (χ4n) is 3.73. The fraction of sp³-hybridized carbons (Fsp3) is 0.667. The van der Waals surface area contributed by atoms with Crippen LogP contribution in [0.4, 0.5) is 0 Å². The van der Waals surface area contributed by atoms with Crippen LogP contribution in [0.1, 0.15) is 137 Å². The summed E-state index contributed by atoms with van der Waals surface area (Å²) in [6, 6.07) is 6.49. The Morgan fingerprint density at radius 3 is 1.41 bits per heavy atom. The molecule has 0 saturated heterocycles. The molecule has 1 aromatic carbocycles. The lowest BCUT2D eigenvalue weighted by molar-refractivity contribution is 0.0484. The van der Waals surface area contributed by atoms with E-state index >= 15 is 0 Å². The first kappa shape index (κ1) is 29.9. The smallest absolute Gasteiger partial charge is 0.338 e. The van der Waals surface area contributed by atoms with Crippen LogP contribution < -0.4 is 0 Å². The highest BCUT2D eigenvalue weighted by Gasteiger charge is 2.10. The zero-order valence-corrected chi connectivity index (χ0v) is 21.8. The van der Waals surface area contributed by atoms with E-state index in [1.165, 1.54) is 77.0 Å². The molecule has 4 heteroatoms. The molecule has 1 aromatic rings. The highest BCUT2D eigenvalue weighted by Crippen LogP contribution is 2.11. The molecule has 0 heterocycles. The number of allylic oxidation sites excluding steroid dienone is 2. The maximum atomic E-state index is 12.2. The molecule has 0 aliphatic rings. The third-order valence-electron chi connectivity index (χ3n) is 5.98. The van der Waals surface area contributed by atoms with Crippen LogP contribution in [-0.2, 0) is 9.47 Å². The minimum absolute atomic E-state index is 0.335. The van der Waals surface area contributed by atoms with Gasteiger partial charge < -0.3 is 9.47 Å². The molecule has 0 radical (unpaired) electrons. The molecule has 192 valence electrons. The number of ether oxygens (including phenoxy) is 2. The van der Waals surface area contributed by atoms with Crippen LogP contribution in [-0.4, -0.2) is 25.2 Å². The van der Waals surface area contributed by atoms with Gasteiger partial charge in [-0.05, 0) is 62.8 Å². The second-order valence-electron chi connectivity index (χ2n) is 9.14. The zero-order valence-electron chi connectivity index (χ0n) is 21.8. The molecule has 0 aliphatic carbocycles. The second-order valence-corrected chi connectivity index (χ2v) is 9.14. The average molecular weight is 473 g/mol. The van der Waals surface area contributed by atoms with Crippen molar-refractivity contribution in [3.8, 4) is 0 Å². The van der Waals surface area contributed by atoms with Crippen molar-refractivity contribution < 1.29 is 19.1 Å². The molecule has 0 aliphatic heterocycles. The van der Waals surface area contributed by atoms with Crippen LogP contribution in [0.5, 0.6) is 0 Å². The topological polar surface area (TPSA) is 52.6 Å². The largest absolute Gasteiger partial charge is 0.462 e. The standard InChI is InChI=1S/C30H48O4/c1-3-5-7-8-9-10-11-12-13-14-15-16-17-18-19-20-26-34-30(32)28-23-21-27(22-24-28)29(31)33-25-6-4-2/h12-13,21-24H,3-11,14-20,25-26H2,1-2H3. The maximum Gasteiger partial charge on any atom is 0.338 e. The normalized spacial score (nSPS) is 11.1. The summed E-state index contributed by atoms with van der Waals surface area (Å²) in [4.78, 5) is 24.1. The van der Waals surface area contributed by atoms with Gasteiger partial charge in [0.1, 0.15) is 0 Å². The molecule has 0 bridgehead atoms. The molecule has 0 atom stereocenters. The van der Waals surface area contributed by atoms with Gasteiger partial charge in [0.15, 0.2) is 0 Å². The van der Waals surface area contributed by atoms with Crippen LogP contribution in [0.2, 0.25) is 0 Å². The van der Waals surface area contributed by atoms with Gasteiger partial charge in [-0.3, -0.25) is 0 Å². The molecule has 0 N–H and O–H groups in total. The first-order valence-electron chi connectivity index (χ1n) is 13.8. The van der Waals surface area contributed by atoms with Crippen molar-refractivity contribution >= 4 is 11.9 Å². The molecule has 34 heavy (non-hydrogen) atoms. The van der Waals surface area contributed by atoms with Gasteiger partial charge in [0, 0.05) is 0 Å². The van der Waals surface area contributed by atoms with Gasteiger partial charge in [0.05, 0.1) is 24.3 Å². The van der Waals surface area contributed by atoms with Crippen molar-refractivity contribution in [2.75, 3.05) is 13.2 Å². The van der Waals surface area contributed by atoms with Gasteiger partial charge in [0.2, 0.25) is 0 Å². The summed E-state index contributed by atoms with van der Waals surface area (Å²) in [7, 11) is 0. The number of esters is 2. The van der Waals surface area contributed by atoms with Gasteiger partial charge in [-0.1, -0.05) is 90.2 Å². The Hall–Kier alpha value is -2.10. The Labute approximate surface area is 208 Å². The minimum Gasteiger partial charge on any atom is -0.462 e. The molecule has 0 aromatic heterocycles. The number of carbonyl (C=O) groups is 2. The zero-order chi connectivity index (χ0) is 24.7. The monoisotopic (exact) mass is 472 g/mol. The molecule has 4 nitrogen and oxygen atoms in total. The molecule has 0 amide bonds. The van der Waals surface area contributed by atoms with E-state index in [1.54, 1.807) is 24.3 Å². The Balaban J connectivity index is 1.97. The van der Waals surface area contributed by atoms with Crippen LogP contribution in [0.15, 0.2) is 36.4 Å². The predicted octanol–water partition coefficient (Wildman–Crippen LogP) is 8.84. The van der Waals surface area contributed by atoms with Crippen LogP contribution >= 0.6 is 0 Å². The molecule has 0 spiro atoms. The molecular weight excluding hydrogens is 424 g/mol. The lowest BCUT2D eigenvalue weighted by Gasteiger charge is -2.06. The van der Waals surface area contributed by atoms with E-state index in [9.17, 15) is 9.59 Å². The summed E-state index contributed by atoms with van der Waals surface area (Å²) in [6.07, 6.45) is 24.2. The van der Waals surface area contributed by atoms with Crippen molar-refractivity contribution in [3.05, 3.63) is 47.5 Å². The molecular formula is C30H48O4. The van der Waals surface area contributed by atoms with Crippen molar-refractivity contribution in [2.45, 2.75) is 117 Å². The minimum atomic E-state index is -0.349. The third-order valence-corrected chi connectivity index (χ3v) is 5.98. The number of carbonyl (C=O) groups excluding carboxylic acids is 2. The van der Waals surface area contributed by atoms with E-state index in [4.69, 9.17) is 9.47 Å². The van der Waals surface area contributed by atoms with Crippen LogP contribution in [0.3, 0.4) is 0 Å². The summed E-state index contributed by atoms with van der Waals surface area (Å²) in [5, 5.41) is 0. The summed E-state index contributed by atoms with van der Waals surface area (Å²) in [5.74, 6) is -0.684. The molecule has 0 saturated carbocycles. The Kier molecular flexibility index (Phi) is 18.9. The van der Waals surface area contributed by atoms with E-state index in [-0.39, 0.29) is 11.9 Å². The van der Waals surface area contributed by atoms with Crippen molar-refractivity contribution in [3.63, 3.8) is 0 Å². The van der Waals surface area contributed by atoms with E-state index in [0.717, 1.165) is 25.7 Å². The Morgan fingerprint density at radius 1 is 0.559 bits per heavy atom. The summed E-state index contributed by atoms with van der Waals surface area (Å²) in [5.41, 5.74) is 0.926. The number of unbranched alkanes of at least 4 members (excludes halogenated alkanes) is 13. The van der Waals surface area contributed by atoms with E-state index in [1.807, 2.05) is 6.92 Å². The van der Waals surface area contributed by atoms with Crippen LogP contribution in [0, 0.1) is 0 Å². The summed E-state index contributed by atoms with van der Waals surface area (Å²) >= 11 is 0. The van der Waals surface area contributed by atoms with Gasteiger partial charge in [-0.2, -0.15) is 0 Å². The van der Waals surface area contributed by atoms with E-state index < -0.39 is 0 Å². The molecule has 0 unspecified atom stereocenters. The first-order valence-corrected chi connectivity index (χ1v) is 13.8. The lowest BCUT2D eigenvalue weighted by Crippen LogP contribution is -2.09. The average Bonchev–Trinajstić information content (AvgIpc) is 2.86. The van der Waals surface area contributed by atoms with E-state index in [2.05, 4.69) is 19.1 Å². The number of rotatable bonds is 21. The quantitative estimate of drug-likeness (QED) is 0.102. The number of hydrogen-bond donors (Lipinski definition) is 0. The van der Waals surface area contributed by atoms with Crippen molar-refractivity contribution in [1.29, 1.82) is 0 Å². The number of hydrogen-bond acceptors (Lipinski definition) is 4. The van der Waals surface area contributed by atoms with Gasteiger partial charge >= 0.3 is 11.9 Å². The van der Waals surface area contributed by atoms with Gasteiger partial charge in [-0.15, -0.1) is 0 Å². The van der Waals surface area contributed by atoms with Gasteiger partial charge in [-0.25, -0.2) is 9.59 Å². The highest BCUT2D eigenvalue weighted by molar-refractivity contribution is 5.93. The summed E-state index contributed by atoms with van der Waals surface area (Å²) in [6.45, 7) is 5.18. The highest BCUT2D eigenvalue weighted by atomic mass is 16.5. The Morgan fingerprint density at radius 2 is 0.941 bits per heavy atom. The van der Waals surface area contributed by atoms with Crippen LogP contribution in [0.25, 0.3) is 0 Å². The fourth-order valence-corrected chi connectivity index (χ4v) is 3.73. The van der Waals surface area contributed by atoms with E-state index in [0.29, 0.717) is 24.3 Å². The third kappa shape index (κ3) is 15.7. The van der Waals surface area contributed by atoms with Crippen molar-refractivity contribution in [1.82, 2.24) is 0 Å². The maximum absolute atomic E-state index is 12.2. The van der Waals surface area contributed by atoms with Crippen molar-refractivity contribution in [2.24, 2.45) is 0 Å². The second kappa shape index (κ2) is 21.4. The van der Waals surface area contributed by atoms with Gasteiger partial charge in [0.25, 0.3) is 0 Å². The molecule has 0 fully saturated rings. The summed E-state index contributed by atoms with van der Waals surface area (Å²) < 4.78 is 10.5. The predicted molar refractivity (Wildman–Crippen MR) is 141 cm³/mol. The lowest BCUT2D eigenvalue weighted by atomic mass is 10.1. The molecule has 1 rings (SSSR count). The first-order chi connectivity index (χ1) is 16.7.